The summed E-state index contributed by atoms with van der Waals surface area (Å²) < 4.78 is 6.83. The van der Waals surface area contributed by atoms with Gasteiger partial charge < -0.3 is 14.7 Å². The lowest BCUT2D eigenvalue weighted by molar-refractivity contribution is 0.0696. The van der Waals surface area contributed by atoms with Crippen LogP contribution in [-0.4, -0.2) is 47.2 Å². The third-order valence-corrected chi connectivity index (χ3v) is 3.11. The van der Waals surface area contributed by atoms with Gasteiger partial charge in [-0.2, -0.15) is 5.10 Å². The molecule has 6 heteroatoms. The maximum absolute atomic E-state index is 11.1. The van der Waals surface area contributed by atoms with E-state index in [9.17, 15) is 4.79 Å². The summed E-state index contributed by atoms with van der Waals surface area (Å²) in [6.07, 6.45) is 3.64. The number of hydrogen-bond donors (Lipinski definition) is 1. The van der Waals surface area contributed by atoms with Crippen LogP contribution in [0.4, 0.5) is 5.82 Å². The summed E-state index contributed by atoms with van der Waals surface area (Å²) in [6, 6.07) is 0. The third-order valence-electron chi connectivity index (χ3n) is 3.11. The van der Waals surface area contributed by atoms with Gasteiger partial charge in [-0.25, -0.2) is 4.79 Å². The topological polar surface area (TPSA) is 67.6 Å². The minimum Gasteiger partial charge on any atom is -0.477 e. The summed E-state index contributed by atoms with van der Waals surface area (Å²) in [5.41, 5.74) is 0.267. The molecule has 0 radical (unpaired) electrons. The molecule has 0 atom stereocenters. The molecule has 1 aromatic rings. The van der Waals surface area contributed by atoms with Gasteiger partial charge >= 0.3 is 5.97 Å². The van der Waals surface area contributed by atoms with Gasteiger partial charge in [0.05, 0.1) is 6.10 Å². The fourth-order valence-electron chi connectivity index (χ4n) is 2.16. The van der Waals surface area contributed by atoms with Crippen LogP contribution in [0.25, 0.3) is 0 Å². The van der Waals surface area contributed by atoms with Crippen molar-refractivity contribution in [2.45, 2.75) is 18.9 Å². The van der Waals surface area contributed by atoms with Gasteiger partial charge in [0.2, 0.25) is 0 Å². The monoisotopic (exact) mass is 239 g/mol. The van der Waals surface area contributed by atoms with Crippen molar-refractivity contribution in [3.8, 4) is 0 Å². The highest BCUT2D eigenvalue weighted by Gasteiger charge is 2.25. The number of nitrogens with zero attached hydrogens (tertiary/aromatic N) is 3. The molecule has 0 amide bonds. The standard InChI is InChI=1S/C11H17N3O3/c1-13-7-9(11(15)16)10(12-13)14-5-3-8(17-2)4-6-14/h7-8H,3-6H2,1-2H3,(H,15,16). The molecular weight excluding hydrogens is 222 g/mol. The van der Waals surface area contributed by atoms with E-state index >= 15 is 0 Å². The minimum absolute atomic E-state index is 0.267. The van der Waals surface area contributed by atoms with E-state index in [-0.39, 0.29) is 11.7 Å². The molecule has 1 fully saturated rings. The predicted octanol–water partition coefficient (Wildman–Crippen LogP) is 0.733. The molecule has 6 nitrogen and oxygen atoms in total. The van der Waals surface area contributed by atoms with Gasteiger partial charge in [-0.05, 0) is 12.8 Å². The van der Waals surface area contributed by atoms with E-state index in [4.69, 9.17) is 9.84 Å². The van der Waals surface area contributed by atoms with E-state index in [0.717, 1.165) is 25.9 Å². The number of methoxy groups -OCH3 is 1. The van der Waals surface area contributed by atoms with Crippen LogP contribution in [0, 0.1) is 0 Å². The number of aromatic nitrogens is 2. The first-order valence-corrected chi connectivity index (χ1v) is 5.66. The van der Waals surface area contributed by atoms with Crippen molar-refractivity contribution in [2.75, 3.05) is 25.1 Å². The quantitative estimate of drug-likeness (QED) is 0.842. The van der Waals surface area contributed by atoms with Gasteiger partial charge in [-0.3, -0.25) is 4.68 Å². The fourth-order valence-corrected chi connectivity index (χ4v) is 2.16. The largest absolute Gasteiger partial charge is 0.477 e. The number of rotatable bonds is 3. The zero-order valence-corrected chi connectivity index (χ0v) is 10.1. The van der Waals surface area contributed by atoms with E-state index < -0.39 is 5.97 Å². The van der Waals surface area contributed by atoms with E-state index in [2.05, 4.69) is 5.10 Å². The van der Waals surface area contributed by atoms with E-state index in [0.29, 0.717) is 5.82 Å². The van der Waals surface area contributed by atoms with Crippen LogP contribution in [0.2, 0.25) is 0 Å². The molecule has 1 aliphatic heterocycles. The lowest BCUT2D eigenvalue weighted by atomic mass is 10.1. The zero-order valence-electron chi connectivity index (χ0n) is 10.1. The number of carboxylic acid groups (broad SMARTS) is 1. The number of hydrogen-bond acceptors (Lipinski definition) is 4. The molecule has 1 saturated heterocycles. The van der Waals surface area contributed by atoms with E-state index in [1.807, 2.05) is 4.90 Å². The van der Waals surface area contributed by atoms with Crippen LogP contribution >= 0.6 is 0 Å². The van der Waals surface area contributed by atoms with Gasteiger partial charge in [0.1, 0.15) is 5.56 Å². The Hall–Kier alpha value is -1.56. The SMILES string of the molecule is COC1CCN(c2nn(C)cc2C(=O)O)CC1. The van der Waals surface area contributed by atoms with Crippen LogP contribution in [0.15, 0.2) is 6.20 Å². The van der Waals surface area contributed by atoms with Crippen molar-refractivity contribution >= 4 is 11.8 Å². The molecule has 0 unspecified atom stereocenters. The average molecular weight is 239 g/mol. The first kappa shape index (κ1) is 11.9. The minimum atomic E-state index is -0.929. The molecule has 1 aromatic heterocycles. The van der Waals surface area contributed by atoms with E-state index in [1.165, 1.54) is 0 Å². The van der Waals surface area contributed by atoms with E-state index in [1.54, 1.807) is 25.0 Å². The molecule has 2 rings (SSSR count). The maximum Gasteiger partial charge on any atom is 0.341 e. The van der Waals surface area contributed by atoms with Crippen LogP contribution in [-0.2, 0) is 11.8 Å². The van der Waals surface area contributed by atoms with Crippen molar-refractivity contribution < 1.29 is 14.6 Å². The summed E-state index contributed by atoms with van der Waals surface area (Å²) in [6.45, 7) is 1.57. The van der Waals surface area contributed by atoms with Crippen molar-refractivity contribution in [1.82, 2.24) is 9.78 Å². The first-order valence-electron chi connectivity index (χ1n) is 5.66. The molecule has 94 valence electrons. The zero-order chi connectivity index (χ0) is 12.4. The van der Waals surface area contributed by atoms with Crippen molar-refractivity contribution in [1.29, 1.82) is 0 Å². The fraction of sp³-hybridized carbons (Fsp3) is 0.636. The van der Waals surface area contributed by atoms with Gasteiger partial charge in [0.15, 0.2) is 5.82 Å². The molecular formula is C11H17N3O3. The number of anilines is 1. The number of aromatic carboxylic acids is 1. The average Bonchev–Trinajstić information content (AvgIpc) is 2.72. The number of ether oxygens (including phenoxy) is 1. The summed E-state index contributed by atoms with van der Waals surface area (Å²) in [4.78, 5) is 13.1. The highest BCUT2D eigenvalue weighted by Crippen LogP contribution is 2.23. The third kappa shape index (κ3) is 2.41. The summed E-state index contributed by atoms with van der Waals surface area (Å²) in [5.74, 6) is -0.364. The second kappa shape index (κ2) is 4.75. The lowest BCUT2D eigenvalue weighted by Crippen LogP contribution is -2.37. The molecule has 1 aliphatic rings. The normalized spacial score (nSPS) is 17.4. The molecule has 0 saturated carbocycles. The van der Waals surface area contributed by atoms with Crippen LogP contribution in [0.5, 0.6) is 0 Å². The molecule has 0 spiro atoms. The molecule has 0 aliphatic carbocycles. The molecule has 2 heterocycles. The Morgan fingerprint density at radius 1 is 1.53 bits per heavy atom. The second-order valence-corrected chi connectivity index (χ2v) is 4.27. The maximum atomic E-state index is 11.1. The molecule has 17 heavy (non-hydrogen) atoms. The lowest BCUT2D eigenvalue weighted by Gasteiger charge is -2.31. The molecule has 0 bridgehead atoms. The molecule has 0 aromatic carbocycles. The van der Waals surface area contributed by atoms with Crippen LogP contribution in [0.3, 0.4) is 0 Å². The smallest absolute Gasteiger partial charge is 0.341 e. The van der Waals surface area contributed by atoms with Crippen LogP contribution in [0.1, 0.15) is 23.2 Å². The number of carbonyl (C=O) groups is 1. The van der Waals surface area contributed by atoms with Crippen molar-refractivity contribution in [3.05, 3.63) is 11.8 Å². The summed E-state index contributed by atoms with van der Waals surface area (Å²) in [5, 5.41) is 13.3. The Balaban J connectivity index is 2.15. The second-order valence-electron chi connectivity index (χ2n) is 4.27. The Kier molecular flexibility index (Phi) is 3.33. The van der Waals surface area contributed by atoms with Crippen molar-refractivity contribution in [2.24, 2.45) is 7.05 Å². The van der Waals surface area contributed by atoms with Gasteiger partial charge in [0, 0.05) is 33.4 Å². The predicted molar refractivity (Wildman–Crippen MR) is 62.4 cm³/mol. The number of piperidine rings is 1. The van der Waals surface area contributed by atoms with Crippen LogP contribution < -0.4 is 4.90 Å². The Morgan fingerprint density at radius 3 is 2.71 bits per heavy atom. The molecule has 1 N–H and O–H groups in total. The van der Waals surface area contributed by atoms with Gasteiger partial charge in [0.25, 0.3) is 0 Å². The Labute approximate surface area is 99.8 Å². The summed E-state index contributed by atoms with van der Waals surface area (Å²) in [7, 11) is 3.45. The van der Waals surface area contributed by atoms with Gasteiger partial charge in [-0.15, -0.1) is 0 Å². The number of carboxylic acids is 1. The first-order chi connectivity index (χ1) is 8.11. The number of aryl methyl sites for hydroxylation is 1. The Bertz CT molecular complexity index is 408. The Morgan fingerprint density at radius 2 is 2.18 bits per heavy atom. The van der Waals surface area contributed by atoms with Crippen molar-refractivity contribution in [3.63, 3.8) is 0 Å². The van der Waals surface area contributed by atoms with Gasteiger partial charge in [-0.1, -0.05) is 0 Å². The highest BCUT2D eigenvalue weighted by molar-refractivity contribution is 5.93. The summed E-state index contributed by atoms with van der Waals surface area (Å²) >= 11 is 0. The highest BCUT2D eigenvalue weighted by atomic mass is 16.5.